The fourth-order valence-electron chi connectivity index (χ4n) is 1.72. The van der Waals surface area contributed by atoms with E-state index in [0.717, 1.165) is 23.3 Å². The van der Waals surface area contributed by atoms with Crippen LogP contribution in [0.2, 0.25) is 0 Å². The van der Waals surface area contributed by atoms with E-state index in [2.05, 4.69) is 9.39 Å². The zero-order chi connectivity index (χ0) is 11.0. The molecule has 1 unspecified atom stereocenters. The van der Waals surface area contributed by atoms with E-state index in [1.54, 1.807) is 6.07 Å². The van der Waals surface area contributed by atoms with Crippen molar-refractivity contribution in [3.8, 4) is 5.75 Å². The number of hydrogen-bond acceptors (Lipinski definition) is 3. The zero-order valence-electron chi connectivity index (χ0n) is 8.82. The molecule has 0 saturated carbocycles. The van der Waals surface area contributed by atoms with Crippen LogP contribution < -0.4 is 0 Å². The van der Waals surface area contributed by atoms with Gasteiger partial charge in [0.25, 0.3) is 0 Å². The number of aryl methyl sites for hydroxylation is 1. The van der Waals surface area contributed by atoms with Crippen LogP contribution in [0.3, 0.4) is 0 Å². The Bertz CT molecular complexity index is 491. The molecule has 1 aromatic carbocycles. The fourth-order valence-corrected chi connectivity index (χ4v) is 1.90. The second kappa shape index (κ2) is 3.84. The Morgan fingerprint density at radius 1 is 1.47 bits per heavy atom. The smallest absolute Gasteiger partial charge is 0.176 e. The first-order chi connectivity index (χ1) is 7.09. The fraction of sp³-hybridized carbons (Fsp3) is 0.273. The van der Waals surface area contributed by atoms with E-state index in [4.69, 9.17) is 4.42 Å². The minimum Gasteiger partial charge on any atom is -0.504 e. The van der Waals surface area contributed by atoms with Gasteiger partial charge in [0.2, 0.25) is 0 Å². The molecule has 4 heteroatoms. The van der Waals surface area contributed by atoms with Crippen LogP contribution in [0.1, 0.15) is 11.3 Å². The maximum absolute atomic E-state index is 9.63. The summed E-state index contributed by atoms with van der Waals surface area (Å²) in [4.78, 5) is 0. The summed E-state index contributed by atoms with van der Waals surface area (Å²) in [5.41, 5.74) is 1.70. The predicted molar refractivity (Wildman–Crippen MR) is 63.8 cm³/mol. The molecule has 3 nitrogen and oxygen atoms in total. The van der Waals surface area contributed by atoms with Crippen LogP contribution in [0.15, 0.2) is 22.6 Å². The number of para-hydroxylation sites is 1. The lowest BCUT2D eigenvalue weighted by molar-refractivity contribution is 0.460. The Hall–Kier alpha value is -1.05. The van der Waals surface area contributed by atoms with Crippen LogP contribution in [0.4, 0.5) is 0 Å². The third kappa shape index (κ3) is 1.85. The Morgan fingerprint density at radius 2 is 2.20 bits per heavy atom. The molecule has 1 aromatic heterocycles. The summed E-state index contributed by atoms with van der Waals surface area (Å²) in [6.45, 7) is 2.70. The molecule has 0 aliphatic carbocycles. The molecule has 0 spiro atoms. The number of aromatic hydroxyl groups is 1. The Morgan fingerprint density at radius 3 is 2.87 bits per heavy atom. The van der Waals surface area contributed by atoms with Crippen LogP contribution in [0.5, 0.6) is 5.75 Å². The standard InChI is InChI=1S/C11H14NO2P/c1-7-9(6-12(2)15)8-4-3-5-10(13)11(8)14-7/h3-5,13H,6,15H2,1-2H3. The average molecular weight is 223 g/mol. The van der Waals surface area contributed by atoms with E-state index in [1.807, 2.05) is 30.8 Å². The Balaban J connectivity index is 2.63. The topological polar surface area (TPSA) is 36.6 Å². The summed E-state index contributed by atoms with van der Waals surface area (Å²) in [7, 11) is 4.59. The number of rotatable bonds is 2. The molecule has 0 aliphatic rings. The third-order valence-corrected chi connectivity index (χ3v) is 2.59. The number of phenols is 1. The molecule has 0 saturated heterocycles. The van der Waals surface area contributed by atoms with Crippen LogP contribution in [-0.2, 0) is 6.54 Å². The van der Waals surface area contributed by atoms with Gasteiger partial charge >= 0.3 is 0 Å². The van der Waals surface area contributed by atoms with Gasteiger partial charge in [0, 0.05) is 17.5 Å². The van der Waals surface area contributed by atoms with E-state index in [0.29, 0.717) is 5.58 Å². The van der Waals surface area contributed by atoms with Gasteiger partial charge in [-0.3, -0.25) is 4.67 Å². The molecule has 1 N–H and O–H groups in total. The number of nitrogens with zero attached hydrogens (tertiary/aromatic N) is 1. The van der Waals surface area contributed by atoms with Crippen molar-refractivity contribution in [3.05, 3.63) is 29.5 Å². The van der Waals surface area contributed by atoms with E-state index in [9.17, 15) is 5.11 Å². The van der Waals surface area contributed by atoms with Gasteiger partial charge in [-0.15, -0.1) is 0 Å². The summed E-state index contributed by atoms with van der Waals surface area (Å²) in [5.74, 6) is 1.06. The van der Waals surface area contributed by atoms with Crippen LogP contribution in [-0.4, -0.2) is 16.8 Å². The molecule has 15 heavy (non-hydrogen) atoms. The zero-order valence-corrected chi connectivity index (χ0v) is 9.97. The minimum atomic E-state index is 0.202. The van der Waals surface area contributed by atoms with Crippen molar-refractivity contribution in [2.24, 2.45) is 0 Å². The third-order valence-electron chi connectivity index (χ3n) is 2.41. The highest BCUT2D eigenvalue weighted by atomic mass is 31.0. The average Bonchev–Trinajstić information content (AvgIpc) is 2.45. The highest BCUT2D eigenvalue weighted by Crippen LogP contribution is 2.32. The number of furan rings is 1. The molecular weight excluding hydrogens is 209 g/mol. The number of phenolic OH excluding ortho intramolecular Hbond substituents is 1. The normalized spacial score (nSPS) is 11.5. The Kier molecular flexibility index (Phi) is 2.68. The molecule has 2 aromatic rings. The van der Waals surface area contributed by atoms with E-state index in [-0.39, 0.29) is 5.75 Å². The first-order valence-corrected chi connectivity index (χ1v) is 5.27. The molecule has 1 atom stereocenters. The van der Waals surface area contributed by atoms with Gasteiger partial charge in [0.1, 0.15) is 5.76 Å². The highest BCUT2D eigenvalue weighted by molar-refractivity contribution is 7.13. The summed E-state index contributed by atoms with van der Waals surface area (Å²) < 4.78 is 7.55. The van der Waals surface area contributed by atoms with Gasteiger partial charge in [0.05, 0.1) is 0 Å². The van der Waals surface area contributed by atoms with Crippen molar-refractivity contribution in [1.82, 2.24) is 4.67 Å². The summed E-state index contributed by atoms with van der Waals surface area (Å²) in [5, 5.41) is 10.6. The van der Waals surface area contributed by atoms with Crippen molar-refractivity contribution in [3.63, 3.8) is 0 Å². The van der Waals surface area contributed by atoms with Crippen molar-refractivity contribution in [2.75, 3.05) is 7.05 Å². The summed E-state index contributed by atoms with van der Waals surface area (Å²) in [6.07, 6.45) is 0. The highest BCUT2D eigenvalue weighted by Gasteiger charge is 2.13. The predicted octanol–water partition coefficient (Wildman–Crippen LogP) is 2.67. The monoisotopic (exact) mass is 223 g/mol. The van der Waals surface area contributed by atoms with Crippen molar-refractivity contribution in [1.29, 1.82) is 0 Å². The summed E-state index contributed by atoms with van der Waals surface area (Å²) in [6, 6.07) is 5.44. The molecule has 0 amide bonds. The maximum Gasteiger partial charge on any atom is 0.176 e. The van der Waals surface area contributed by atoms with Gasteiger partial charge in [-0.1, -0.05) is 21.5 Å². The number of hydrogen-bond donors (Lipinski definition) is 1. The van der Waals surface area contributed by atoms with Gasteiger partial charge in [-0.05, 0) is 20.0 Å². The van der Waals surface area contributed by atoms with Crippen LogP contribution in [0, 0.1) is 6.92 Å². The quantitative estimate of drug-likeness (QED) is 0.795. The van der Waals surface area contributed by atoms with Gasteiger partial charge in [-0.2, -0.15) is 0 Å². The Labute approximate surface area is 90.9 Å². The van der Waals surface area contributed by atoms with Gasteiger partial charge in [0.15, 0.2) is 11.3 Å². The van der Waals surface area contributed by atoms with Crippen molar-refractivity contribution < 1.29 is 9.52 Å². The maximum atomic E-state index is 9.63. The second-order valence-electron chi connectivity index (χ2n) is 3.71. The van der Waals surface area contributed by atoms with E-state index in [1.165, 1.54) is 0 Å². The molecule has 2 rings (SSSR count). The van der Waals surface area contributed by atoms with Gasteiger partial charge < -0.3 is 9.52 Å². The van der Waals surface area contributed by atoms with Crippen molar-refractivity contribution in [2.45, 2.75) is 13.5 Å². The number of benzene rings is 1. The molecule has 0 radical (unpaired) electrons. The first kappa shape index (κ1) is 10.5. The van der Waals surface area contributed by atoms with Gasteiger partial charge in [-0.25, -0.2) is 0 Å². The summed E-state index contributed by atoms with van der Waals surface area (Å²) >= 11 is 0. The molecule has 0 bridgehead atoms. The molecular formula is C11H14NO2P. The minimum absolute atomic E-state index is 0.202. The second-order valence-corrected chi connectivity index (χ2v) is 4.59. The molecule has 0 fully saturated rings. The molecule has 0 aliphatic heterocycles. The largest absolute Gasteiger partial charge is 0.504 e. The van der Waals surface area contributed by atoms with Crippen LogP contribution in [0.25, 0.3) is 11.0 Å². The van der Waals surface area contributed by atoms with E-state index >= 15 is 0 Å². The lowest BCUT2D eigenvalue weighted by atomic mass is 10.1. The number of fused-ring (bicyclic) bond motifs is 1. The molecule has 80 valence electrons. The SMILES string of the molecule is Cc1oc2c(O)cccc2c1CN(C)P. The lowest BCUT2D eigenvalue weighted by Crippen LogP contribution is -2.03. The van der Waals surface area contributed by atoms with E-state index < -0.39 is 0 Å². The first-order valence-electron chi connectivity index (χ1n) is 4.75. The van der Waals surface area contributed by atoms with Crippen LogP contribution >= 0.6 is 9.39 Å². The lowest BCUT2D eigenvalue weighted by Gasteiger charge is -2.08. The molecule has 1 heterocycles. The van der Waals surface area contributed by atoms with Crippen molar-refractivity contribution >= 4 is 20.4 Å².